The highest BCUT2D eigenvalue weighted by molar-refractivity contribution is 6.35. The zero-order valence-corrected chi connectivity index (χ0v) is 15.7. The molecule has 5 heteroatoms. The quantitative estimate of drug-likeness (QED) is 0.460. The fourth-order valence-corrected chi connectivity index (χ4v) is 3.87. The van der Waals surface area contributed by atoms with E-state index >= 15 is 0 Å². The molecule has 0 aliphatic rings. The van der Waals surface area contributed by atoms with E-state index in [2.05, 4.69) is 34.3 Å². The van der Waals surface area contributed by atoms with Crippen molar-refractivity contribution in [1.82, 2.24) is 4.98 Å². The summed E-state index contributed by atoms with van der Waals surface area (Å²) in [7, 11) is 0. The standard InChI is InChI=1S/C21H17Cl2N3/c1-13-20(16-6-2-3-7-18(16)25-13)21(26-19-8-4-5-11-24-19)15-10-9-14(22)12-17(15)23/h2-12,21,25H,1H3,(H,24,26)/p+1/t21-/m0/s1. The second-order valence-electron chi connectivity index (χ2n) is 6.23. The Morgan fingerprint density at radius 2 is 1.81 bits per heavy atom. The van der Waals surface area contributed by atoms with Gasteiger partial charge < -0.3 is 4.98 Å². The summed E-state index contributed by atoms with van der Waals surface area (Å²) in [6.45, 7) is 2.09. The Morgan fingerprint density at radius 1 is 1.00 bits per heavy atom. The maximum atomic E-state index is 6.57. The molecule has 2 heterocycles. The zero-order valence-electron chi connectivity index (χ0n) is 14.2. The average Bonchev–Trinajstić information content (AvgIpc) is 2.97. The van der Waals surface area contributed by atoms with Crippen molar-refractivity contribution in [1.29, 1.82) is 0 Å². The van der Waals surface area contributed by atoms with Gasteiger partial charge in [0, 0.05) is 43.8 Å². The number of aryl methyl sites for hydroxylation is 1. The van der Waals surface area contributed by atoms with E-state index in [0.29, 0.717) is 10.0 Å². The number of rotatable bonds is 4. The minimum atomic E-state index is -0.130. The SMILES string of the molecule is Cc1[nH]c2ccccc2c1[C@@H](Nc1cccc[nH+]1)c1ccc(Cl)cc1Cl. The molecule has 130 valence electrons. The fourth-order valence-electron chi connectivity index (χ4n) is 3.35. The highest BCUT2D eigenvalue weighted by Gasteiger charge is 2.27. The molecule has 4 aromatic rings. The Balaban J connectivity index is 1.91. The molecule has 2 aromatic heterocycles. The van der Waals surface area contributed by atoms with Gasteiger partial charge in [-0.1, -0.05) is 53.5 Å². The zero-order chi connectivity index (χ0) is 18.1. The van der Waals surface area contributed by atoms with Crippen molar-refractivity contribution in [2.45, 2.75) is 13.0 Å². The summed E-state index contributed by atoms with van der Waals surface area (Å²) < 4.78 is 0. The summed E-state index contributed by atoms with van der Waals surface area (Å²) in [6.07, 6.45) is 1.89. The predicted molar refractivity (Wildman–Crippen MR) is 108 cm³/mol. The number of nitrogens with one attached hydrogen (secondary N) is 3. The lowest BCUT2D eigenvalue weighted by atomic mass is 9.96. The van der Waals surface area contributed by atoms with Crippen molar-refractivity contribution in [3.63, 3.8) is 0 Å². The molecule has 0 radical (unpaired) electrons. The number of aromatic nitrogens is 2. The molecule has 0 fully saturated rings. The molecule has 0 amide bonds. The summed E-state index contributed by atoms with van der Waals surface area (Å²) in [5.74, 6) is 0.910. The normalized spacial score (nSPS) is 12.3. The predicted octanol–water partition coefficient (Wildman–Crippen LogP) is 5.80. The molecule has 0 saturated heterocycles. The van der Waals surface area contributed by atoms with Crippen LogP contribution in [0.15, 0.2) is 66.9 Å². The molecule has 0 aliphatic carbocycles. The molecule has 3 nitrogen and oxygen atoms in total. The summed E-state index contributed by atoms with van der Waals surface area (Å²) in [6, 6.07) is 19.7. The van der Waals surface area contributed by atoms with Gasteiger partial charge in [-0.2, -0.15) is 0 Å². The van der Waals surface area contributed by atoms with Crippen LogP contribution in [0.1, 0.15) is 22.9 Å². The van der Waals surface area contributed by atoms with E-state index in [0.717, 1.165) is 22.6 Å². The lowest BCUT2D eigenvalue weighted by molar-refractivity contribution is -0.361. The second kappa shape index (κ2) is 7.02. The first kappa shape index (κ1) is 17.0. The fraction of sp³-hybridized carbons (Fsp3) is 0.0952. The monoisotopic (exact) mass is 382 g/mol. The molecular weight excluding hydrogens is 365 g/mol. The first-order valence-electron chi connectivity index (χ1n) is 8.39. The lowest BCUT2D eigenvalue weighted by Crippen LogP contribution is -2.19. The number of fused-ring (bicyclic) bond motifs is 1. The molecule has 3 N–H and O–H groups in total. The number of para-hydroxylation sites is 1. The number of hydrogen-bond acceptors (Lipinski definition) is 1. The molecule has 0 spiro atoms. The van der Waals surface area contributed by atoms with Crippen LogP contribution in [0.3, 0.4) is 0 Å². The number of pyridine rings is 1. The Bertz CT molecular complexity index is 1060. The van der Waals surface area contributed by atoms with Gasteiger partial charge >= 0.3 is 0 Å². The van der Waals surface area contributed by atoms with E-state index in [-0.39, 0.29) is 6.04 Å². The minimum absolute atomic E-state index is 0.130. The number of halogens is 2. The second-order valence-corrected chi connectivity index (χ2v) is 7.07. The van der Waals surface area contributed by atoms with E-state index in [1.807, 2.05) is 48.7 Å². The van der Waals surface area contributed by atoms with E-state index in [9.17, 15) is 0 Å². The van der Waals surface area contributed by atoms with E-state index in [1.165, 1.54) is 10.9 Å². The third kappa shape index (κ3) is 3.16. The van der Waals surface area contributed by atoms with Gasteiger partial charge in [0.1, 0.15) is 6.04 Å². The maximum absolute atomic E-state index is 6.57. The smallest absolute Gasteiger partial charge is 0.272 e. The van der Waals surface area contributed by atoms with Crippen molar-refractivity contribution >= 4 is 39.9 Å². The Labute approximate surface area is 162 Å². The molecule has 2 aromatic carbocycles. The van der Waals surface area contributed by atoms with Crippen molar-refractivity contribution in [2.24, 2.45) is 0 Å². The molecular formula is C21H18Cl2N3+. The van der Waals surface area contributed by atoms with E-state index in [4.69, 9.17) is 23.2 Å². The summed E-state index contributed by atoms with van der Waals surface area (Å²) in [5, 5.41) is 6.02. The number of aromatic amines is 2. The van der Waals surface area contributed by atoms with Gasteiger partial charge in [-0.25, -0.2) is 4.98 Å². The van der Waals surface area contributed by atoms with Crippen LogP contribution >= 0.6 is 23.2 Å². The first-order valence-corrected chi connectivity index (χ1v) is 9.14. The van der Waals surface area contributed by atoms with Gasteiger partial charge in [-0.3, -0.25) is 5.32 Å². The molecule has 0 unspecified atom stereocenters. The summed E-state index contributed by atoms with van der Waals surface area (Å²) in [5.41, 5.74) is 4.35. The van der Waals surface area contributed by atoms with Gasteiger partial charge in [0.25, 0.3) is 5.82 Å². The van der Waals surface area contributed by atoms with Crippen LogP contribution in [0, 0.1) is 6.92 Å². The van der Waals surface area contributed by atoms with Gasteiger partial charge in [0.2, 0.25) is 0 Å². The molecule has 1 atom stereocenters. The van der Waals surface area contributed by atoms with Crippen molar-refractivity contribution < 1.29 is 4.98 Å². The van der Waals surface area contributed by atoms with Crippen LogP contribution in [0.5, 0.6) is 0 Å². The van der Waals surface area contributed by atoms with Crippen molar-refractivity contribution in [3.05, 3.63) is 93.7 Å². The van der Waals surface area contributed by atoms with Gasteiger partial charge in [-0.15, -0.1) is 0 Å². The summed E-state index contributed by atoms with van der Waals surface area (Å²) >= 11 is 12.7. The average molecular weight is 383 g/mol. The Kier molecular flexibility index (Phi) is 4.58. The first-order chi connectivity index (χ1) is 12.6. The molecule has 0 bridgehead atoms. The van der Waals surface area contributed by atoms with Crippen LogP contribution in [-0.4, -0.2) is 4.98 Å². The van der Waals surface area contributed by atoms with Crippen LogP contribution < -0.4 is 10.3 Å². The van der Waals surface area contributed by atoms with Crippen LogP contribution in [0.25, 0.3) is 10.9 Å². The highest BCUT2D eigenvalue weighted by atomic mass is 35.5. The Hall–Kier alpha value is -2.49. The topological polar surface area (TPSA) is 42.0 Å². The highest BCUT2D eigenvalue weighted by Crippen LogP contribution is 2.37. The van der Waals surface area contributed by atoms with Crippen molar-refractivity contribution in [3.8, 4) is 0 Å². The van der Waals surface area contributed by atoms with Gasteiger partial charge in [-0.05, 0) is 31.2 Å². The number of benzene rings is 2. The summed E-state index contributed by atoms with van der Waals surface area (Å²) in [4.78, 5) is 6.71. The maximum Gasteiger partial charge on any atom is 0.272 e. The molecule has 0 aliphatic heterocycles. The van der Waals surface area contributed by atoms with Gasteiger partial charge in [0.15, 0.2) is 0 Å². The van der Waals surface area contributed by atoms with Crippen LogP contribution in [-0.2, 0) is 0 Å². The number of anilines is 1. The lowest BCUT2D eigenvalue weighted by Gasteiger charge is -2.17. The number of hydrogen-bond donors (Lipinski definition) is 2. The molecule has 26 heavy (non-hydrogen) atoms. The third-order valence-electron chi connectivity index (χ3n) is 4.51. The van der Waals surface area contributed by atoms with Crippen molar-refractivity contribution in [2.75, 3.05) is 5.32 Å². The third-order valence-corrected chi connectivity index (χ3v) is 5.08. The molecule has 0 saturated carbocycles. The Morgan fingerprint density at radius 3 is 2.58 bits per heavy atom. The van der Waals surface area contributed by atoms with Gasteiger partial charge in [0.05, 0.1) is 6.20 Å². The number of H-pyrrole nitrogens is 2. The van der Waals surface area contributed by atoms with Crippen LogP contribution in [0.4, 0.5) is 5.82 Å². The minimum Gasteiger partial charge on any atom is -0.358 e. The largest absolute Gasteiger partial charge is 0.358 e. The van der Waals surface area contributed by atoms with E-state index in [1.54, 1.807) is 6.07 Å². The van der Waals surface area contributed by atoms with E-state index < -0.39 is 0 Å². The van der Waals surface area contributed by atoms with Crippen LogP contribution in [0.2, 0.25) is 10.0 Å². The molecule has 4 rings (SSSR count).